The van der Waals surface area contributed by atoms with E-state index in [-0.39, 0.29) is 6.10 Å². The monoisotopic (exact) mass is 431 g/mol. The number of hydrogen-bond donors (Lipinski definition) is 1. The van der Waals surface area contributed by atoms with Crippen molar-refractivity contribution in [3.63, 3.8) is 0 Å². The molecular formula is C18H20BrCl2NO2. The van der Waals surface area contributed by atoms with Crippen LogP contribution in [-0.2, 0) is 6.54 Å². The molecule has 0 saturated heterocycles. The first-order chi connectivity index (χ1) is 11.4. The number of rotatable bonds is 7. The number of ether oxygens (including phenoxy) is 2. The van der Waals surface area contributed by atoms with Crippen molar-refractivity contribution in [1.82, 2.24) is 0 Å². The number of nitrogens with one attached hydrogen (secondary N) is 1. The van der Waals surface area contributed by atoms with Crippen LogP contribution in [0.3, 0.4) is 0 Å². The van der Waals surface area contributed by atoms with Crippen LogP contribution in [0.2, 0.25) is 10.0 Å². The molecular weight excluding hydrogens is 413 g/mol. The van der Waals surface area contributed by atoms with Crippen molar-refractivity contribution in [3.05, 3.63) is 50.4 Å². The molecule has 0 aliphatic carbocycles. The average Bonchev–Trinajstić information content (AvgIpc) is 2.51. The van der Waals surface area contributed by atoms with Gasteiger partial charge >= 0.3 is 0 Å². The molecule has 0 heterocycles. The Morgan fingerprint density at radius 2 is 1.83 bits per heavy atom. The molecule has 1 N–H and O–H groups in total. The van der Waals surface area contributed by atoms with Gasteiger partial charge in [0.2, 0.25) is 0 Å². The van der Waals surface area contributed by atoms with Crippen molar-refractivity contribution in [1.29, 1.82) is 0 Å². The quantitative estimate of drug-likeness (QED) is 0.537. The van der Waals surface area contributed by atoms with Crippen molar-refractivity contribution < 1.29 is 9.47 Å². The Morgan fingerprint density at radius 3 is 2.46 bits per heavy atom. The Kier molecular flexibility index (Phi) is 7.08. The first-order valence-corrected chi connectivity index (χ1v) is 9.26. The third-order valence-corrected chi connectivity index (χ3v) is 4.66. The molecule has 6 heteroatoms. The molecule has 0 aliphatic rings. The molecule has 2 aromatic carbocycles. The summed E-state index contributed by atoms with van der Waals surface area (Å²) in [5.74, 6) is 1.47. The van der Waals surface area contributed by atoms with Crippen molar-refractivity contribution in [2.24, 2.45) is 0 Å². The third kappa shape index (κ3) is 5.20. The number of halogens is 3. The Bertz CT molecular complexity index is 708. The molecule has 2 aromatic rings. The van der Waals surface area contributed by atoms with E-state index in [9.17, 15) is 0 Å². The minimum absolute atomic E-state index is 0.0799. The summed E-state index contributed by atoms with van der Waals surface area (Å²) in [6, 6.07) is 9.39. The van der Waals surface area contributed by atoms with E-state index in [1.807, 2.05) is 39.0 Å². The summed E-state index contributed by atoms with van der Waals surface area (Å²) in [7, 11) is 0. The first-order valence-electron chi connectivity index (χ1n) is 7.71. The molecule has 0 aliphatic heterocycles. The Morgan fingerprint density at radius 1 is 1.08 bits per heavy atom. The molecule has 2 rings (SSSR count). The molecule has 130 valence electrons. The van der Waals surface area contributed by atoms with Crippen molar-refractivity contribution in [3.8, 4) is 11.5 Å². The molecule has 24 heavy (non-hydrogen) atoms. The lowest BCUT2D eigenvalue weighted by Gasteiger charge is -2.17. The highest BCUT2D eigenvalue weighted by molar-refractivity contribution is 9.10. The molecule has 0 spiro atoms. The zero-order valence-electron chi connectivity index (χ0n) is 13.8. The van der Waals surface area contributed by atoms with Gasteiger partial charge in [-0.25, -0.2) is 0 Å². The third-order valence-electron chi connectivity index (χ3n) is 3.18. The fourth-order valence-electron chi connectivity index (χ4n) is 2.13. The highest BCUT2D eigenvalue weighted by Crippen LogP contribution is 2.35. The Labute approximate surface area is 161 Å². The standard InChI is InChI=1S/C18H20BrCl2NO2/c1-4-23-17-7-12(14(19)9-18(17)24-11(2)3)10-22-13-5-6-15(20)16(21)8-13/h5-9,11,22H,4,10H2,1-3H3. The molecule has 0 fully saturated rings. The number of anilines is 1. The van der Waals surface area contributed by atoms with Crippen LogP contribution in [-0.4, -0.2) is 12.7 Å². The van der Waals surface area contributed by atoms with E-state index in [1.54, 1.807) is 12.1 Å². The van der Waals surface area contributed by atoms with E-state index in [1.165, 1.54) is 0 Å². The lowest BCUT2D eigenvalue weighted by atomic mass is 10.2. The predicted molar refractivity (Wildman–Crippen MR) is 105 cm³/mol. The van der Waals surface area contributed by atoms with Crippen LogP contribution in [0.1, 0.15) is 26.3 Å². The zero-order valence-corrected chi connectivity index (χ0v) is 16.9. The Balaban J connectivity index is 2.19. The van der Waals surface area contributed by atoms with Crippen molar-refractivity contribution in [2.45, 2.75) is 33.4 Å². The van der Waals surface area contributed by atoms with Crippen LogP contribution in [0, 0.1) is 0 Å². The van der Waals surface area contributed by atoms with Crippen LogP contribution in [0.4, 0.5) is 5.69 Å². The van der Waals surface area contributed by atoms with Gasteiger partial charge in [-0.05, 0) is 56.7 Å². The first kappa shape index (κ1) is 19.2. The maximum atomic E-state index is 6.04. The minimum atomic E-state index is 0.0799. The van der Waals surface area contributed by atoms with E-state index < -0.39 is 0 Å². The van der Waals surface area contributed by atoms with Gasteiger partial charge in [-0.3, -0.25) is 0 Å². The molecule has 0 amide bonds. The van der Waals surface area contributed by atoms with E-state index in [0.717, 1.165) is 27.2 Å². The maximum Gasteiger partial charge on any atom is 0.162 e. The SMILES string of the molecule is CCOc1cc(CNc2ccc(Cl)c(Cl)c2)c(Br)cc1OC(C)C. The van der Waals surface area contributed by atoms with Gasteiger partial charge in [-0.1, -0.05) is 39.1 Å². The molecule has 0 atom stereocenters. The molecule has 0 radical (unpaired) electrons. The lowest BCUT2D eigenvalue weighted by molar-refractivity contribution is 0.223. The number of hydrogen-bond acceptors (Lipinski definition) is 3. The largest absolute Gasteiger partial charge is 0.490 e. The van der Waals surface area contributed by atoms with Crippen LogP contribution < -0.4 is 14.8 Å². The van der Waals surface area contributed by atoms with Crippen LogP contribution in [0.25, 0.3) is 0 Å². The van der Waals surface area contributed by atoms with Gasteiger partial charge in [-0.15, -0.1) is 0 Å². The van der Waals surface area contributed by atoms with Crippen molar-refractivity contribution in [2.75, 3.05) is 11.9 Å². The fraction of sp³-hybridized carbons (Fsp3) is 0.333. The summed E-state index contributed by atoms with van der Waals surface area (Å²) in [5.41, 5.74) is 1.96. The van der Waals surface area contributed by atoms with Gasteiger partial charge in [-0.2, -0.15) is 0 Å². The van der Waals surface area contributed by atoms with Crippen LogP contribution in [0.15, 0.2) is 34.8 Å². The van der Waals surface area contributed by atoms with Gasteiger partial charge in [0.25, 0.3) is 0 Å². The predicted octanol–water partition coefficient (Wildman–Crippen LogP) is 6.55. The van der Waals surface area contributed by atoms with E-state index in [4.69, 9.17) is 32.7 Å². The van der Waals surface area contributed by atoms with Gasteiger partial charge < -0.3 is 14.8 Å². The smallest absolute Gasteiger partial charge is 0.162 e. The second kappa shape index (κ2) is 8.84. The second-order valence-corrected chi connectivity index (χ2v) is 7.14. The highest BCUT2D eigenvalue weighted by Gasteiger charge is 2.12. The molecule has 3 nitrogen and oxygen atoms in total. The summed E-state index contributed by atoms with van der Waals surface area (Å²) in [5, 5.41) is 4.39. The van der Waals surface area contributed by atoms with Gasteiger partial charge in [0.05, 0.1) is 22.8 Å². The zero-order chi connectivity index (χ0) is 17.7. The summed E-state index contributed by atoms with van der Waals surface area (Å²) in [4.78, 5) is 0. The van der Waals surface area contributed by atoms with Gasteiger partial charge in [0.15, 0.2) is 11.5 Å². The topological polar surface area (TPSA) is 30.5 Å². The minimum Gasteiger partial charge on any atom is -0.490 e. The van der Waals surface area contributed by atoms with E-state index in [0.29, 0.717) is 23.2 Å². The van der Waals surface area contributed by atoms with Gasteiger partial charge in [0, 0.05) is 16.7 Å². The summed E-state index contributed by atoms with van der Waals surface area (Å²) in [6.07, 6.45) is 0.0799. The van der Waals surface area contributed by atoms with Crippen LogP contribution >= 0.6 is 39.1 Å². The lowest BCUT2D eigenvalue weighted by Crippen LogP contribution is -2.08. The van der Waals surface area contributed by atoms with Crippen LogP contribution in [0.5, 0.6) is 11.5 Å². The molecule has 0 unspecified atom stereocenters. The molecule has 0 saturated carbocycles. The maximum absolute atomic E-state index is 6.04. The van der Waals surface area contributed by atoms with Gasteiger partial charge in [0.1, 0.15) is 0 Å². The number of benzene rings is 2. The summed E-state index contributed by atoms with van der Waals surface area (Å²) >= 11 is 15.6. The second-order valence-electron chi connectivity index (χ2n) is 5.47. The fourth-order valence-corrected chi connectivity index (χ4v) is 2.89. The van der Waals surface area contributed by atoms with E-state index in [2.05, 4.69) is 21.2 Å². The molecule has 0 bridgehead atoms. The summed E-state index contributed by atoms with van der Waals surface area (Å²) in [6.45, 7) is 7.12. The normalized spacial score (nSPS) is 10.8. The highest BCUT2D eigenvalue weighted by atomic mass is 79.9. The average molecular weight is 433 g/mol. The summed E-state index contributed by atoms with van der Waals surface area (Å²) < 4.78 is 12.5. The van der Waals surface area contributed by atoms with Crippen molar-refractivity contribution >= 4 is 44.8 Å². The Hall–Kier alpha value is -1.10. The van der Waals surface area contributed by atoms with E-state index >= 15 is 0 Å². The molecule has 0 aromatic heterocycles.